The lowest BCUT2D eigenvalue weighted by Gasteiger charge is -2.33. The highest BCUT2D eigenvalue weighted by molar-refractivity contribution is 5.90. The molecule has 32 heavy (non-hydrogen) atoms. The number of hydrogen-bond donors (Lipinski definition) is 1. The van der Waals surface area contributed by atoms with Crippen LogP contribution in [0.1, 0.15) is 79.2 Å². The van der Waals surface area contributed by atoms with E-state index >= 15 is 0 Å². The third kappa shape index (κ3) is 6.67. The number of amides is 1. The minimum atomic E-state index is -4.49. The van der Waals surface area contributed by atoms with Crippen LogP contribution in [0.2, 0.25) is 0 Å². The highest BCUT2D eigenvalue weighted by atomic mass is 19.4. The molecule has 9 heteroatoms. The fourth-order valence-corrected chi connectivity index (χ4v) is 3.54. The van der Waals surface area contributed by atoms with E-state index in [1.165, 1.54) is 12.5 Å². The lowest BCUT2D eigenvalue weighted by Crippen LogP contribution is -2.33. The number of halogens is 3. The van der Waals surface area contributed by atoms with Gasteiger partial charge in [-0.05, 0) is 49.1 Å². The average molecular weight is 448 g/mol. The Kier molecular flexibility index (Phi) is 8.58. The molecule has 1 fully saturated rings. The van der Waals surface area contributed by atoms with Crippen LogP contribution in [0, 0.1) is 11.3 Å². The lowest BCUT2D eigenvalue weighted by atomic mass is 9.94. The van der Waals surface area contributed by atoms with Crippen LogP contribution in [0.4, 0.5) is 18.9 Å². The molecule has 6 nitrogen and oxygen atoms in total. The molecule has 0 aliphatic heterocycles. The van der Waals surface area contributed by atoms with Crippen molar-refractivity contribution in [1.29, 1.82) is 5.26 Å². The average Bonchev–Trinajstić information content (AvgIpc) is 2.78. The van der Waals surface area contributed by atoms with Gasteiger partial charge in [0, 0.05) is 18.8 Å². The third-order valence-corrected chi connectivity index (χ3v) is 5.49. The number of nitrogens with two attached hydrogens (primary N) is 1. The number of hydrogen-bond acceptors (Lipinski definition) is 5. The zero-order chi connectivity index (χ0) is 23.9. The van der Waals surface area contributed by atoms with E-state index in [9.17, 15) is 18.0 Å². The van der Waals surface area contributed by atoms with Gasteiger partial charge in [0.1, 0.15) is 0 Å². The van der Waals surface area contributed by atoms with E-state index in [1.54, 1.807) is 24.3 Å². The van der Waals surface area contributed by atoms with Gasteiger partial charge in [-0.1, -0.05) is 33.1 Å². The van der Waals surface area contributed by atoms with Gasteiger partial charge in [0.15, 0.2) is 5.69 Å². The van der Waals surface area contributed by atoms with E-state index in [1.807, 2.05) is 25.8 Å². The van der Waals surface area contributed by atoms with Crippen molar-refractivity contribution in [2.75, 3.05) is 11.9 Å². The third-order valence-electron chi connectivity index (χ3n) is 5.49. The Morgan fingerprint density at radius 1 is 1.16 bits per heavy atom. The van der Waals surface area contributed by atoms with Crippen molar-refractivity contribution in [2.24, 2.45) is 5.73 Å². The molecule has 3 rings (SSSR count). The maximum Gasteiger partial charge on any atom is 0.417 e. The van der Waals surface area contributed by atoms with Crippen LogP contribution < -0.4 is 10.6 Å². The molecule has 2 N–H and O–H groups in total. The number of benzene rings is 1. The van der Waals surface area contributed by atoms with Gasteiger partial charge >= 0.3 is 6.18 Å². The summed E-state index contributed by atoms with van der Waals surface area (Å²) >= 11 is 0. The fourth-order valence-electron chi connectivity index (χ4n) is 3.54. The number of primary amides is 1. The van der Waals surface area contributed by atoms with Crippen LogP contribution in [-0.2, 0) is 6.18 Å². The molecule has 1 heterocycles. The Bertz CT molecular complexity index is 946. The number of alkyl halides is 3. The molecule has 1 aromatic carbocycles. The number of carbonyl (C=O) groups excluding carboxylic acids is 1. The first-order valence-corrected chi connectivity index (χ1v) is 10.5. The summed E-state index contributed by atoms with van der Waals surface area (Å²) in [6.07, 6.45) is 0.977. The topological polar surface area (TPSA) is 95.9 Å². The van der Waals surface area contributed by atoms with Crippen molar-refractivity contribution in [1.82, 2.24) is 10.2 Å². The van der Waals surface area contributed by atoms with E-state index in [0.29, 0.717) is 11.6 Å². The molecular formula is C23H28F3N5O. The van der Waals surface area contributed by atoms with Crippen molar-refractivity contribution in [3.8, 4) is 6.07 Å². The van der Waals surface area contributed by atoms with Gasteiger partial charge in [0.25, 0.3) is 5.91 Å². The second kappa shape index (κ2) is 10.9. The molecule has 1 saturated carbocycles. The molecule has 1 aliphatic rings. The zero-order valence-corrected chi connectivity index (χ0v) is 18.5. The predicted molar refractivity (Wildman–Crippen MR) is 116 cm³/mol. The standard InChI is InChI=1S/C15H17F3N2.C8H11N3O/c1-20(12-5-3-2-4-6-12)13-8-7-11(10-19)14(9-13)15(16,17)18;1-5(2)6-3-4-7(8(9)12)11-10-6/h7-9,12H,2-6H2,1H3;3-5H,1-2H3,(H2,9,12). The smallest absolute Gasteiger partial charge is 0.372 e. The maximum absolute atomic E-state index is 13.0. The summed E-state index contributed by atoms with van der Waals surface area (Å²) in [5, 5.41) is 16.3. The molecule has 0 atom stereocenters. The summed E-state index contributed by atoms with van der Waals surface area (Å²) < 4.78 is 38.9. The molecule has 172 valence electrons. The first-order valence-electron chi connectivity index (χ1n) is 10.5. The Morgan fingerprint density at radius 2 is 1.81 bits per heavy atom. The maximum atomic E-state index is 13.0. The van der Waals surface area contributed by atoms with E-state index in [-0.39, 0.29) is 17.3 Å². The normalized spacial score (nSPS) is 14.3. The Hall–Kier alpha value is -3.15. The number of rotatable bonds is 4. The Balaban J connectivity index is 0.000000258. The minimum Gasteiger partial charge on any atom is -0.372 e. The fraction of sp³-hybridized carbons (Fsp3) is 0.478. The summed E-state index contributed by atoms with van der Waals surface area (Å²) in [5.41, 5.74) is 5.43. The van der Waals surface area contributed by atoms with Crippen molar-refractivity contribution >= 4 is 11.6 Å². The quantitative estimate of drug-likeness (QED) is 0.708. The predicted octanol–water partition coefficient (Wildman–Crippen LogP) is 5.04. The van der Waals surface area contributed by atoms with Gasteiger partial charge in [-0.3, -0.25) is 4.79 Å². The van der Waals surface area contributed by atoms with E-state index < -0.39 is 17.6 Å². The van der Waals surface area contributed by atoms with Crippen LogP contribution in [0.5, 0.6) is 0 Å². The molecule has 0 unspecified atom stereocenters. The van der Waals surface area contributed by atoms with Gasteiger partial charge in [0.2, 0.25) is 0 Å². The molecule has 0 saturated heterocycles. The van der Waals surface area contributed by atoms with E-state index in [2.05, 4.69) is 10.2 Å². The summed E-state index contributed by atoms with van der Waals surface area (Å²) in [7, 11) is 1.83. The number of carbonyl (C=O) groups is 1. The number of nitrogens with zero attached hydrogens (tertiary/aromatic N) is 4. The van der Waals surface area contributed by atoms with Crippen molar-refractivity contribution in [2.45, 2.75) is 64.1 Å². The second-order valence-electron chi connectivity index (χ2n) is 8.10. The van der Waals surface area contributed by atoms with Crippen LogP contribution in [0.15, 0.2) is 30.3 Å². The summed E-state index contributed by atoms with van der Waals surface area (Å²) in [6.45, 7) is 4.02. The van der Waals surface area contributed by atoms with Crippen LogP contribution >= 0.6 is 0 Å². The van der Waals surface area contributed by atoms with Crippen LogP contribution in [0.25, 0.3) is 0 Å². The van der Waals surface area contributed by atoms with Crippen molar-refractivity contribution in [3.05, 3.63) is 52.8 Å². The summed E-state index contributed by atoms with van der Waals surface area (Å²) in [5.74, 6) is -0.225. The van der Waals surface area contributed by atoms with Crippen LogP contribution in [0.3, 0.4) is 0 Å². The largest absolute Gasteiger partial charge is 0.417 e. The van der Waals surface area contributed by atoms with Gasteiger partial charge in [-0.25, -0.2) is 0 Å². The monoisotopic (exact) mass is 447 g/mol. The van der Waals surface area contributed by atoms with E-state index in [4.69, 9.17) is 11.0 Å². The SMILES string of the molecule is CC(C)c1ccc(C(N)=O)nn1.CN(c1ccc(C#N)c(C(F)(F)F)c1)C1CCCCC1. The minimum absolute atomic E-state index is 0.208. The van der Waals surface area contributed by atoms with Gasteiger partial charge in [-0.2, -0.15) is 23.5 Å². The number of anilines is 1. The first-order chi connectivity index (χ1) is 15.0. The van der Waals surface area contributed by atoms with Gasteiger partial charge in [-0.15, -0.1) is 5.10 Å². The molecule has 0 bridgehead atoms. The highest BCUT2D eigenvalue weighted by Crippen LogP contribution is 2.35. The highest BCUT2D eigenvalue weighted by Gasteiger charge is 2.34. The molecular weight excluding hydrogens is 419 g/mol. The molecule has 2 aromatic rings. The summed E-state index contributed by atoms with van der Waals surface area (Å²) in [4.78, 5) is 12.5. The van der Waals surface area contributed by atoms with Gasteiger partial charge in [0.05, 0.1) is 22.9 Å². The molecule has 0 radical (unpaired) electrons. The van der Waals surface area contributed by atoms with Crippen molar-refractivity contribution < 1.29 is 18.0 Å². The number of aromatic nitrogens is 2. The second-order valence-corrected chi connectivity index (χ2v) is 8.10. The Morgan fingerprint density at radius 3 is 2.28 bits per heavy atom. The molecule has 1 aliphatic carbocycles. The molecule has 0 spiro atoms. The van der Waals surface area contributed by atoms with Crippen molar-refractivity contribution in [3.63, 3.8) is 0 Å². The number of nitriles is 1. The summed E-state index contributed by atoms with van der Waals surface area (Å²) in [6, 6.07) is 9.20. The van der Waals surface area contributed by atoms with E-state index in [0.717, 1.165) is 37.4 Å². The zero-order valence-electron chi connectivity index (χ0n) is 18.5. The van der Waals surface area contributed by atoms with Crippen LogP contribution in [-0.4, -0.2) is 29.2 Å². The molecule has 1 amide bonds. The Labute approximate surface area is 186 Å². The lowest BCUT2D eigenvalue weighted by molar-refractivity contribution is -0.137. The first kappa shape index (κ1) is 25.1. The van der Waals surface area contributed by atoms with Gasteiger partial charge < -0.3 is 10.6 Å². The molecule has 1 aromatic heterocycles.